The molecule has 0 aromatic carbocycles. The maximum absolute atomic E-state index is 12.5. The van der Waals surface area contributed by atoms with Gasteiger partial charge in [-0.05, 0) is 33.4 Å². The molecule has 0 spiro atoms. The summed E-state index contributed by atoms with van der Waals surface area (Å²) < 4.78 is 0. The molecule has 1 fully saturated rings. The molecule has 1 aliphatic heterocycles. The van der Waals surface area contributed by atoms with Crippen LogP contribution in [0.2, 0.25) is 0 Å². The van der Waals surface area contributed by atoms with Crippen LogP contribution in [0.4, 0.5) is 0 Å². The molecule has 3 heterocycles. The average Bonchev–Trinajstić information content (AvgIpc) is 2.93. The molecule has 8 heteroatoms. The number of hydrogen-bond acceptors (Lipinski definition) is 5. The number of nitrogens with one attached hydrogen (secondary N) is 3. The van der Waals surface area contributed by atoms with Crippen LogP contribution >= 0.6 is 0 Å². The summed E-state index contributed by atoms with van der Waals surface area (Å²) in [4.78, 5) is 37.9. The van der Waals surface area contributed by atoms with Crippen molar-refractivity contribution in [3.8, 4) is 0 Å². The zero-order chi connectivity index (χ0) is 18.0. The number of carbonyl (C=O) groups excluding carboxylic acids is 1. The summed E-state index contributed by atoms with van der Waals surface area (Å²) in [6.45, 7) is 9.35. The second-order valence-corrected chi connectivity index (χ2v) is 7.43. The highest BCUT2D eigenvalue weighted by Gasteiger charge is 2.23. The molecule has 0 bridgehead atoms. The van der Waals surface area contributed by atoms with Gasteiger partial charge in [0.15, 0.2) is 5.65 Å². The van der Waals surface area contributed by atoms with Gasteiger partial charge in [-0.15, -0.1) is 0 Å². The molecule has 1 aliphatic rings. The van der Waals surface area contributed by atoms with E-state index in [1.54, 1.807) is 6.07 Å². The van der Waals surface area contributed by atoms with Gasteiger partial charge in [0, 0.05) is 44.5 Å². The standard InChI is InChI=1S/C17H26N6O2/c1-17(2,4-5-23-8-6-22(3)7-9-23)21-15(24)12-10-13-14(18-11-12)20-16(25)19-13/h10-11H,4-9H2,1-3H3,(H,21,24)(H2,18,19,20,25). The van der Waals surface area contributed by atoms with Gasteiger partial charge in [0.05, 0.1) is 11.1 Å². The van der Waals surface area contributed by atoms with E-state index in [9.17, 15) is 9.59 Å². The Kier molecular flexibility index (Phi) is 4.91. The van der Waals surface area contributed by atoms with E-state index in [0.717, 1.165) is 39.1 Å². The Hall–Kier alpha value is -2.19. The summed E-state index contributed by atoms with van der Waals surface area (Å²) in [5.74, 6) is -0.181. The minimum absolute atomic E-state index is 0.181. The van der Waals surface area contributed by atoms with Gasteiger partial charge < -0.3 is 20.1 Å². The largest absolute Gasteiger partial charge is 0.347 e. The van der Waals surface area contributed by atoms with E-state index in [1.807, 2.05) is 13.8 Å². The normalized spacial score (nSPS) is 17.1. The number of fused-ring (bicyclic) bond motifs is 1. The van der Waals surface area contributed by atoms with Crippen LogP contribution < -0.4 is 11.0 Å². The van der Waals surface area contributed by atoms with Crippen LogP contribution in [-0.4, -0.2) is 76.0 Å². The van der Waals surface area contributed by atoms with Gasteiger partial charge in [0.25, 0.3) is 5.91 Å². The van der Waals surface area contributed by atoms with Crippen molar-refractivity contribution in [1.82, 2.24) is 30.1 Å². The van der Waals surface area contributed by atoms with Crippen LogP contribution in [0.1, 0.15) is 30.6 Å². The van der Waals surface area contributed by atoms with Gasteiger partial charge in [-0.25, -0.2) is 9.78 Å². The second-order valence-electron chi connectivity index (χ2n) is 7.43. The van der Waals surface area contributed by atoms with E-state index in [0.29, 0.717) is 16.7 Å². The molecule has 3 rings (SSSR count). The topological polar surface area (TPSA) is 97.1 Å². The lowest BCUT2D eigenvalue weighted by Crippen LogP contribution is -2.49. The maximum atomic E-state index is 12.5. The highest BCUT2D eigenvalue weighted by molar-refractivity contribution is 5.96. The molecule has 0 saturated carbocycles. The maximum Gasteiger partial charge on any atom is 0.325 e. The number of rotatable bonds is 5. The molecule has 136 valence electrons. The third-order valence-electron chi connectivity index (χ3n) is 4.73. The van der Waals surface area contributed by atoms with Crippen molar-refractivity contribution in [3.05, 3.63) is 28.3 Å². The van der Waals surface area contributed by atoms with Crippen molar-refractivity contribution < 1.29 is 4.79 Å². The quantitative estimate of drug-likeness (QED) is 0.728. The molecular formula is C17H26N6O2. The van der Waals surface area contributed by atoms with E-state index in [-0.39, 0.29) is 17.1 Å². The smallest absolute Gasteiger partial charge is 0.325 e. The molecule has 25 heavy (non-hydrogen) atoms. The number of likely N-dealkylation sites (N-methyl/N-ethyl adjacent to an activating group) is 1. The van der Waals surface area contributed by atoms with Gasteiger partial charge in [0.1, 0.15) is 0 Å². The molecule has 0 aliphatic carbocycles. The van der Waals surface area contributed by atoms with Crippen molar-refractivity contribution in [2.24, 2.45) is 0 Å². The Morgan fingerprint density at radius 3 is 2.72 bits per heavy atom. The fourth-order valence-corrected chi connectivity index (χ4v) is 3.00. The van der Waals surface area contributed by atoms with Crippen LogP contribution in [0.15, 0.2) is 17.1 Å². The predicted octanol–water partition coefficient (Wildman–Crippen LogP) is 0.397. The van der Waals surface area contributed by atoms with Crippen LogP contribution in [0.3, 0.4) is 0 Å². The summed E-state index contributed by atoms with van der Waals surface area (Å²) in [7, 11) is 2.14. The number of carbonyl (C=O) groups is 1. The number of hydrogen-bond donors (Lipinski definition) is 3. The van der Waals surface area contributed by atoms with E-state index >= 15 is 0 Å². The van der Waals surface area contributed by atoms with Crippen molar-refractivity contribution in [1.29, 1.82) is 0 Å². The van der Waals surface area contributed by atoms with Gasteiger partial charge in [-0.3, -0.25) is 9.78 Å². The monoisotopic (exact) mass is 346 g/mol. The van der Waals surface area contributed by atoms with Crippen molar-refractivity contribution in [2.45, 2.75) is 25.8 Å². The lowest BCUT2D eigenvalue weighted by molar-refractivity contribution is 0.0893. The van der Waals surface area contributed by atoms with Gasteiger partial charge in [0.2, 0.25) is 0 Å². The van der Waals surface area contributed by atoms with Gasteiger partial charge in [-0.2, -0.15) is 0 Å². The summed E-state index contributed by atoms with van der Waals surface area (Å²) in [5.41, 5.74) is 0.785. The number of aromatic nitrogens is 3. The molecule has 3 N–H and O–H groups in total. The fraction of sp³-hybridized carbons (Fsp3) is 0.588. The van der Waals surface area contributed by atoms with Crippen LogP contribution in [0, 0.1) is 0 Å². The molecule has 2 aromatic rings. The van der Waals surface area contributed by atoms with Gasteiger partial charge in [-0.1, -0.05) is 0 Å². The van der Waals surface area contributed by atoms with Gasteiger partial charge >= 0.3 is 5.69 Å². The van der Waals surface area contributed by atoms with E-state index < -0.39 is 0 Å². The number of H-pyrrole nitrogens is 2. The lowest BCUT2D eigenvalue weighted by atomic mass is 9.99. The van der Waals surface area contributed by atoms with Crippen molar-refractivity contribution >= 4 is 17.1 Å². The number of aromatic amines is 2. The first-order chi connectivity index (χ1) is 11.8. The number of pyridine rings is 1. The summed E-state index contributed by atoms with van der Waals surface area (Å²) in [6, 6.07) is 1.64. The van der Waals surface area contributed by atoms with E-state index in [2.05, 4.69) is 37.1 Å². The Balaban J connectivity index is 1.58. The van der Waals surface area contributed by atoms with E-state index in [4.69, 9.17) is 0 Å². The van der Waals surface area contributed by atoms with E-state index in [1.165, 1.54) is 6.20 Å². The van der Waals surface area contributed by atoms with Crippen LogP contribution in [0.25, 0.3) is 11.2 Å². The number of imidazole rings is 1. The summed E-state index contributed by atoms with van der Waals surface area (Å²) in [5, 5.41) is 3.07. The first-order valence-corrected chi connectivity index (χ1v) is 8.64. The highest BCUT2D eigenvalue weighted by Crippen LogP contribution is 2.13. The van der Waals surface area contributed by atoms with Crippen molar-refractivity contribution in [3.63, 3.8) is 0 Å². The summed E-state index contributed by atoms with van der Waals surface area (Å²) in [6.07, 6.45) is 2.36. The third-order valence-corrected chi connectivity index (χ3v) is 4.73. The molecule has 1 saturated heterocycles. The lowest BCUT2D eigenvalue weighted by Gasteiger charge is -2.35. The first kappa shape index (κ1) is 17.6. The highest BCUT2D eigenvalue weighted by atomic mass is 16.2. The van der Waals surface area contributed by atoms with Crippen LogP contribution in [0.5, 0.6) is 0 Å². The zero-order valence-corrected chi connectivity index (χ0v) is 15.1. The molecule has 1 amide bonds. The zero-order valence-electron chi connectivity index (χ0n) is 15.1. The van der Waals surface area contributed by atoms with Crippen molar-refractivity contribution in [2.75, 3.05) is 39.8 Å². The minimum Gasteiger partial charge on any atom is -0.347 e. The summed E-state index contributed by atoms with van der Waals surface area (Å²) >= 11 is 0. The Labute approximate surface area is 146 Å². The Bertz CT molecular complexity index is 801. The molecule has 2 aromatic heterocycles. The number of nitrogens with zero attached hydrogens (tertiary/aromatic N) is 3. The second kappa shape index (κ2) is 6.97. The SMILES string of the molecule is CN1CCN(CCC(C)(C)NC(=O)c2cnc3[nH]c(=O)[nH]c3c2)CC1. The Morgan fingerprint density at radius 2 is 2.00 bits per heavy atom. The number of piperazine rings is 1. The Morgan fingerprint density at radius 1 is 1.28 bits per heavy atom. The first-order valence-electron chi connectivity index (χ1n) is 8.64. The minimum atomic E-state index is -0.326. The molecular weight excluding hydrogens is 320 g/mol. The molecule has 0 unspecified atom stereocenters. The molecule has 8 nitrogen and oxygen atoms in total. The molecule has 0 atom stereocenters. The fourth-order valence-electron chi connectivity index (χ4n) is 3.00. The average molecular weight is 346 g/mol. The predicted molar refractivity (Wildman–Crippen MR) is 96.8 cm³/mol. The number of amides is 1. The van der Waals surface area contributed by atoms with Crippen LogP contribution in [-0.2, 0) is 0 Å². The molecule has 0 radical (unpaired) electrons. The third kappa shape index (κ3) is 4.46.